The van der Waals surface area contributed by atoms with Crippen molar-refractivity contribution in [2.75, 3.05) is 52.4 Å². The highest BCUT2D eigenvalue weighted by atomic mass is 15.2. The molecular weight excluding hydrogens is 751 g/mol. The van der Waals surface area contributed by atoms with Gasteiger partial charge in [-0.3, -0.25) is 0 Å². The van der Waals surface area contributed by atoms with Gasteiger partial charge in [0.15, 0.2) is 0 Å². The Kier molecular flexibility index (Phi) is 48.3. The Hall–Kier alpha value is -4.44. The summed E-state index contributed by atoms with van der Waals surface area (Å²) in [4.78, 5) is 2.43. The third-order valence-corrected chi connectivity index (χ3v) is 8.90. The van der Waals surface area contributed by atoms with Crippen LogP contribution in [0.2, 0.25) is 0 Å². The number of hydrogen-bond acceptors (Lipinski definition) is 9. The van der Waals surface area contributed by atoms with Crippen molar-refractivity contribution < 1.29 is 0 Å². The first-order chi connectivity index (χ1) is 29.2. The molecule has 61 heavy (non-hydrogen) atoms. The maximum absolute atomic E-state index is 6.17. The number of hydrogen-bond donors (Lipinski definition) is 8. The Morgan fingerprint density at radius 1 is 0.787 bits per heavy atom. The van der Waals surface area contributed by atoms with Gasteiger partial charge >= 0.3 is 0 Å². The van der Waals surface area contributed by atoms with Gasteiger partial charge in [-0.1, -0.05) is 160 Å². The van der Waals surface area contributed by atoms with E-state index in [0.29, 0.717) is 24.9 Å². The average molecular weight is 848 g/mol. The standard InChI is InChI=1S/C30H52N6.C7H8.C5H11N.C4H10.2C2H5N.C2H6/c1-4-30(29(23-32)22-27-13-8-5-9-14-27)35-24-28(15-11-16-31)26(3)34-17-10-6-7-12-25(2)36-20-18-33-19-21-36;1-7-5-3-2-4-6-7;1-4(2)5(3)6;1-4(2)3;2*1-2-3;1-2/h4-5,8-9,13-14,28-29,33-35H,2-3,6-7,10-12,15-24,31-32H2,1H3;2-6H,1H3;4H,3,6H2,1-2H3;4H,1-3H3;2*2H,1,3H2;1-2H3/b30-4+;;;;;;. The van der Waals surface area contributed by atoms with Crippen LogP contribution >= 0.6 is 0 Å². The lowest BCUT2D eigenvalue weighted by atomic mass is 9.94. The van der Waals surface area contributed by atoms with Crippen molar-refractivity contribution in [1.82, 2.24) is 20.9 Å². The number of piperazine rings is 1. The summed E-state index contributed by atoms with van der Waals surface area (Å²) in [5, 5.41) is 10.7. The van der Waals surface area contributed by atoms with E-state index in [1.54, 1.807) is 0 Å². The molecule has 0 aliphatic carbocycles. The molecule has 0 spiro atoms. The molecule has 350 valence electrons. The summed E-state index contributed by atoms with van der Waals surface area (Å²) < 4.78 is 0. The fourth-order valence-electron chi connectivity index (χ4n) is 5.40. The third kappa shape index (κ3) is 42.1. The first-order valence-electron chi connectivity index (χ1n) is 22.7. The highest BCUT2D eigenvalue weighted by Gasteiger charge is 2.17. The molecule has 2 unspecified atom stereocenters. The Morgan fingerprint density at radius 3 is 1.69 bits per heavy atom. The topological polar surface area (TPSA) is 169 Å². The Morgan fingerprint density at radius 2 is 1.28 bits per heavy atom. The van der Waals surface area contributed by atoms with E-state index >= 15 is 0 Å². The molecule has 0 amide bonds. The molecule has 1 heterocycles. The van der Waals surface area contributed by atoms with Crippen LogP contribution in [0.25, 0.3) is 0 Å². The number of benzene rings is 2. The zero-order valence-electron chi connectivity index (χ0n) is 40.8. The van der Waals surface area contributed by atoms with Gasteiger partial charge in [0.1, 0.15) is 0 Å². The molecular formula is C52H97N9. The van der Waals surface area contributed by atoms with Crippen LogP contribution in [-0.2, 0) is 6.42 Å². The van der Waals surface area contributed by atoms with Gasteiger partial charge in [0.25, 0.3) is 0 Å². The molecule has 9 nitrogen and oxygen atoms in total. The molecule has 2 aromatic rings. The lowest BCUT2D eigenvalue weighted by molar-refractivity contribution is 0.289. The van der Waals surface area contributed by atoms with Gasteiger partial charge in [-0.2, -0.15) is 0 Å². The van der Waals surface area contributed by atoms with Gasteiger partial charge in [-0.15, -0.1) is 0 Å². The summed E-state index contributed by atoms with van der Waals surface area (Å²) in [6.07, 6.45) is 12.3. The van der Waals surface area contributed by atoms with Crippen molar-refractivity contribution >= 4 is 0 Å². The summed E-state index contributed by atoms with van der Waals surface area (Å²) in [6.45, 7) is 44.7. The minimum atomic E-state index is 0.282. The summed E-state index contributed by atoms with van der Waals surface area (Å²) in [7, 11) is 0. The van der Waals surface area contributed by atoms with Crippen LogP contribution < -0.4 is 44.6 Å². The molecule has 1 aliphatic heterocycles. The predicted molar refractivity (Wildman–Crippen MR) is 275 cm³/mol. The minimum absolute atomic E-state index is 0.282. The minimum Gasteiger partial charge on any atom is -0.405 e. The van der Waals surface area contributed by atoms with Crippen molar-refractivity contribution in [2.45, 2.75) is 107 Å². The van der Waals surface area contributed by atoms with Crippen LogP contribution in [0.15, 0.2) is 135 Å². The summed E-state index contributed by atoms with van der Waals surface area (Å²) >= 11 is 0. The zero-order chi connectivity index (χ0) is 47.3. The molecule has 0 bridgehead atoms. The number of nitrogens with zero attached hydrogens (tertiary/aromatic N) is 1. The second kappa shape index (κ2) is 46.6. The van der Waals surface area contributed by atoms with Crippen LogP contribution in [0.5, 0.6) is 0 Å². The van der Waals surface area contributed by atoms with Crippen LogP contribution in [-0.4, -0.2) is 57.3 Å². The zero-order valence-corrected chi connectivity index (χ0v) is 40.8. The van der Waals surface area contributed by atoms with Crippen LogP contribution in [0.1, 0.15) is 105 Å². The summed E-state index contributed by atoms with van der Waals surface area (Å²) in [5.74, 6) is 1.89. The molecule has 1 fully saturated rings. The van der Waals surface area contributed by atoms with Gasteiger partial charge in [-0.05, 0) is 88.7 Å². The van der Waals surface area contributed by atoms with E-state index in [2.05, 4.69) is 148 Å². The first kappa shape index (κ1) is 63.2. The third-order valence-electron chi connectivity index (χ3n) is 8.90. The number of unbranched alkanes of at least 4 members (excludes halogenated alkanes) is 2. The largest absolute Gasteiger partial charge is 0.405 e. The average Bonchev–Trinajstić information content (AvgIpc) is 3.25. The number of aryl methyl sites for hydroxylation is 1. The van der Waals surface area contributed by atoms with Crippen LogP contribution in [0.4, 0.5) is 0 Å². The van der Waals surface area contributed by atoms with Crippen LogP contribution in [0, 0.1) is 30.6 Å². The molecule has 9 heteroatoms. The number of nitrogens with one attached hydrogen (secondary N) is 3. The second-order valence-electron chi connectivity index (χ2n) is 15.5. The SMILES string of the molecule is C=C(N)C(C)C.C=C(NCCCCCC(=C)N1CCNCC1)C(CCCN)CN/C(=C/C)C(CN)Cc1ccccc1.C=CN.C=CN.CC.CC(C)C.Cc1ccccc1. The Labute approximate surface area is 377 Å². The normalized spacial score (nSPS) is 12.3. The highest BCUT2D eigenvalue weighted by Crippen LogP contribution is 2.18. The van der Waals surface area contributed by atoms with E-state index in [0.717, 1.165) is 88.7 Å². The van der Waals surface area contributed by atoms with E-state index in [1.807, 2.05) is 45.9 Å². The molecule has 3 rings (SSSR count). The van der Waals surface area contributed by atoms with Gasteiger partial charge in [0.05, 0.1) is 0 Å². The van der Waals surface area contributed by atoms with E-state index in [9.17, 15) is 0 Å². The molecule has 0 aromatic heterocycles. The van der Waals surface area contributed by atoms with Crippen LogP contribution in [0.3, 0.4) is 0 Å². The number of nitrogens with two attached hydrogens (primary N) is 5. The smallest absolute Gasteiger partial charge is 0.0300 e. The highest BCUT2D eigenvalue weighted by molar-refractivity contribution is 5.19. The van der Waals surface area contributed by atoms with Crippen molar-refractivity contribution in [2.24, 2.45) is 52.3 Å². The molecule has 13 N–H and O–H groups in total. The molecule has 2 atom stereocenters. The van der Waals surface area contributed by atoms with Gasteiger partial charge < -0.3 is 49.5 Å². The molecule has 0 radical (unpaired) electrons. The fraction of sp³-hybridized carbons (Fsp3) is 0.538. The van der Waals surface area contributed by atoms with Crippen molar-refractivity contribution in [3.8, 4) is 0 Å². The fourth-order valence-corrected chi connectivity index (χ4v) is 5.40. The quantitative estimate of drug-likeness (QED) is 0.0605. The van der Waals surface area contributed by atoms with E-state index in [1.165, 1.54) is 47.8 Å². The molecule has 1 aliphatic rings. The maximum atomic E-state index is 6.17. The van der Waals surface area contributed by atoms with Crippen molar-refractivity contribution in [3.05, 3.63) is 146 Å². The molecule has 1 saturated heterocycles. The lowest BCUT2D eigenvalue weighted by Crippen LogP contribution is -2.42. The monoisotopic (exact) mass is 848 g/mol. The van der Waals surface area contributed by atoms with Gasteiger partial charge in [0, 0.05) is 80.4 Å². The second-order valence-corrected chi connectivity index (χ2v) is 15.5. The first-order valence-corrected chi connectivity index (χ1v) is 22.7. The van der Waals surface area contributed by atoms with E-state index in [4.69, 9.17) is 17.2 Å². The maximum Gasteiger partial charge on any atom is 0.0300 e. The molecule has 0 saturated carbocycles. The van der Waals surface area contributed by atoms with Gasteiger partial charge in [-0.25, -0.2) is 0 Å². The van der Waals surface area contributed by atoms with E-state index < -0.39 is 0 Å². The lowest BCUT2D eigenvalue weighted by Gasteiger charge is -2.31. The number of rotatable bonds is 20. The number of allylic oxidation sites excluding steroid dienone is 3. The summed E-state index contributed by atoms with van der Waals surface area (Å²) in [6, 6.07) is 20.8. The van der Waals surface area contributed by atoms with Crippen molar-refractivity contribution in [1.29, 1.82) is 0 Å². The van der Waals surface area contributed by atoms with Gasteiger partial charge in [0.2, 0.25) is 0 Å². The van der Waals surface area contributed by atoms with Crippen molar-refractivity contribution in [3.63, 3.8) is 0 Å². The molecule has 2 aromatic carbocycles. The Bertz CT molecular complexity index is 1310. The van der Waals surface area contributed by atoms with E-state index in [-0.39, 0.29) is 5.92 Å². The Balaban J connectivity index is -0.000000524. The summed E-state index contributed by atoms with van der Waals surface area (Å²) in [5.41, 5.74) is 33.5. The predicted octanol–water partition coefficient (Wildman–Crippen LogP) is 9.71.